The van der Waals surface area contributed by atoms with Crippen LogP contribution in [-0.2, 0) is 17.9 Å². The van der Waals surface area contributed by atoms with Crippen LogP contribution >= 0.6 is 0 Å². The molecule has 34 heavy (non-hydrogen) atoms. The summed E-state index contributed by atoms with van der Waals surface area (Å²) < 4.78 is 52.6. The smallest absolute Gasteiger partial charge is 0.475 e. The molecule has 2 aliphatic rings. The molecule has 7 nitrogen and oxygen atoms in total. The summed E-state index contributed by atoms with van der Waals surface area (Å²) >= 11 is 0. The highest BCUT2D eigenvalue weighted by molar-refractivity contribution is 5.94. The van der Waals surface area contributed by atoms with Crippen molar-refractivity contribution >= 4 is 11.9 Å². The van der Waals surface area contributed by atoms with Crippen LogP contribution in [0.4, 0.5) is 17.6 Å². The summed E-state index contributed by atoms with van der Waals surface area (Å²) in [6.07, 6.45) is -1.40. The zero-order valence-corrected chi connectivity index (χ0v) is 17.8. The number of aromatic nitrogens is 1. The number of hydrogen-bond acceptors (Lipinski definition) is 4. The van der Waals surface area contributed by atoms with E-state index in [4.69, 9.17) is 14.3 Å². The Bertz CT molecular complexity index is 1140. The molecule has 2 aromatic heterocycles. The highest BCUT2D eigenvalue weighted by Crippen LogP contribution is 2.35. The molecular formula is C23H21F4N3O4. The highest BCUT2D eigenvalue weighted by atomic mass is 19.4. The summed E-state index contributed by atoms with van der Waals surface area (Å²) in [4.78, 5) is 26.3. The van der Waals surface area contributed by atoms with Gasteiger partial charge in [-0.15, -0.1) is 0 Å². The third-order valence-electron chi connectivity index (χ3n) is 5.82. The Balaban J connectivity index is 0.000000344. The van der Waals surface area contributed by atoms with E-state index in [1.165, 1.54) is 12.1 Å². The van der Waals surface area contributed by atoms with Crippen LogP contribution in [0.3, 0.4) is 0 Å². The fraction of sp³-hybridized carbons (Fsp3) is 0.304. The monoisotopic (exact) mass is 479 g/mol. The van der Waals surface area contributed by atoms with E-state index in [9.17, 15) is 22.4 Å². The van der Waals surface area contributed by atoms with Crippen LogP contribution in [0.15, 0.2) is 65.4 Å². The molecule has 180 valence electrons. The minimum atomic E-state index is -5.08. The van der Waals surface area contributed by atoms with Gasteiger partial charge in [0.05, 0.1) is 24.9 Å². The number of likely N-dealkylation sites (tertiary alicyclic amines) is 1. The van der Waals surface area contributed by atoms with Crippen molar-refractivity contribution in [2.45, 2.75) is 31.3 Å². The van der Waals surface area contributed by atoms with Gasteiger partial charge in [0.25, 0.3) is 5.91 Å². The number of halogens is 4. The quantitative estimate of drug-likeness (QED) is 0.574. The molecule has 2 aliphatic heterocycles. The lowest BCUT2D eigenvalue weighted by atomic mass is 10.0. The zero-order chi connectivity index (χ0) is 24.5. The highest BCUT2D eigenvalue weighted by Gasteiger charge is 2.45. The van der Waals surface area contributed by atoms with Crippen molar-refractivity contribution < 1.29 is 36.7 Å². The zero-order valence-electron chi connectivity index (χ0n) is 17.8. The summed E-state index contributed by atoms with van der Waals surface area (Å²) in [5.74, 6) is -2.06. The number of furan rings is 1. The molecule has 5 rings (SSSR count). The SMILES string of the molecule is O=C(O)C(F)(F)F.O=C1c2cccn2C2CN(Cc3ccco3)CC2N1Cc1ccc(F)cc1. The second kappa shape index (κ2) is 9.34. The van der Waals surface area contributed by atoms with Crippen LogP contribution in [0.1, 0.15) is 27.9 Å². The molecule has 1 fully saturated rings. The van der Waals surface area contributed by atoms with Gasteiger partial charge in [0.1, 0.15) is 17.3 Å². The largest absolute Gasteiger partial charge is 0.490 e. The van der Waals surface area contributed by atoms with Gasteiger partial charge in [-0.3, -0.25) is 9.69 Å². The van der Waals surface area contributed by atoms with Gasteiger partial charge in [0, 0.05) is 25.8 Å². The maximum atomic E-state index is 13.2. The molecule has 3 aromatic rings. The first-order valence-electron chi connectivity index (χ1n) is 10.4. The van der Waals surface area contributed by atoms with Crippen molar-refractivity contribution in [1.29, 1.82) is 0 Å². The van der Waals surface area contributed by atoms with Crippen molar-refractivity contribution in [3.63, 3.8) is 0 Å². The first-order valence-corrected chi connectivity index (χ1v) is 10.4. The van der Waals surface area contributed by atoms with Gasteiger partial charge >= 0.3 is 12.1 Å². The van der Waals surface area contributed by atoms with E-state index >= 15 is 0 Å². The first-order chi connectivity index (χ1) is 16.1. The maximum Gasteiger partial charge on any atom is 0.490 e. The molecular weight excluding hydrogens is 458 g/mol. The van der Waals surface area contributed by atoms with Crippen LogP contribution in [0, 0.1) is 5.82 Å². The summed E-state index contributed by atoms with van der Waals surface area (Å²) in [7, 11) is 0. The molecule has 2 atom stereocenters. The second-order valence-electron chi connectivity index (χ2n) is 8.07. The third kappa shape index (κ3) is 4.98. The molecule has 1 aromatic carbocycles. The topological polar surface area (TPSA) is 78.9 Å². The molecule has 0 spiro atoms. The van der Waals surface area contributed by atoms with Crippen molar-refractivity contribution in [2.24, 2.45) is 0 Å². The Morgan fingerprint density at radius 3 is 2.32 bits per heavy atom. The Hall–Kier alpha value is -3.60. The number of carboxylic acids is 1. The average molecular weight is 479 g/mol. The van der Waals surface area contributed by atoms with E-state index in [0.717, 1.165) is 36.7 Å². The van der Waals surface area contributed by atoms with Gasteiger partial charge < -0.3 is 19.0 Å². The lowest BCUT2D eigenvalue weighted by Crippen LogP contribution is -2.49. The summed E-state index contributed by atoms with van der Waals surface area (Å²) in [5, 5.41) is 7.12. The minimum absolute atomic E-state index is 0.0328. The third-order valence-corrected chi connectivity index (χ3v) is 5.82. The fourth-order valence-corrected chi connectivity index (χ4v) is 4.32. The van der Waals surface area contributed by atoms with Crippen LogP contribution in [0.5, 0.6) is 0 Å². The first kappa shape index (κ1) is 23.6. The number of alkyl halides is 3. The molecule has 0 bridgehead atoms. The predicted molar refractivity (Wildman–Crippen MR) is 111 cm³/mol. The second-order valence-corrected chi connectivity index (χ2v) is 8.07. The van der Waals surface area contributed by atoms with E-state index in [-0.39, 0.29) is 23.8 Å². The molecule has 11 heteroatoms. The number of fused-ring (bicyclic) bond motifs is 3. The number of amides is 1. The van der Waals surface area contributed by atoms with Gasteiger partial charge in [0.2, 0.25) is 0 Å². The van der Waals surface area contributed by atoms with Crippen LogP contribution in [-0.4, -0.2) is 56.7 Å². The van der Waals surface area contributed by atoms with E-state index < -0.39 is 12.1 Å². The number of aliphatic carboxylic acids is 1. The van der Waals surface area contributed by atoms with Crippen molar-refractivity contribution in [3.8, 4) is 0 Å². The number of nitrogens with zero attached hydrogens (tertiary/aromatic N) is 3. The number of benzene rings is 1. The number of rotatable bonds is 4. The molecule has 1 amide bonds. The van der Waals surface area contributed by atoms with E-state index in [1.54, 1.807) is 18.4 Å². The average Bonchev–Trinajstić information content (AvgIpc) is 3.53. The Morgan fingerprint density at radius 1 is 1.03 bits per heavy atom. The standard InChI is InChI=1S/C21H20FN3O2.C2HF3O2/c22-16-7-5-15(6-8-16)11-25-20-14-23(12-17-3-2-10-27-17)13-19(20)24-9-1-4-18(24)21(25)26;3-2(4,5)1(6)7/h1-10,19-20H,11-14H2;(H,6,7). The minimum Gasteiger partial charge on any atom is -0.475 e. The molecule has 0 radical (unpaired) electrons. The number of carboxylic acid groups (broad SMARTS) is 1. The normalized spacial score (nSPS) is 19.9. The van der Waals surface area contributed by atoms with Crippen molar-refractivity contribution in [2.75, 3.05) is 13.1 Å². The summed E-state index contributed by atoms with van der Waals surface area (Å²) in [5.41, 5.74) is 1.66. The van der Waals surface area contributed by atoms with E-state index in [1.807, 2.05) is 35.4 Å². The van der Waals surface area contributed by atoms with Gasteiger partial charge in [-0.25, -0.2) is 9.18 Å². The Morgan fingerprint density at radius 2 is 1.71 bits per heavy atom. The Labute approximate surface area is 191 Å². The number of carbonyl (C=O) groups excluding carboxylic acids is 1. The number of carbonyl (C=O) groups is 2. The van der Waals surface area contributed by atoms with Crippen LogP contribution in [0.25, 0.3) is 0 Å². The van der Waals surface area contributed by atoms with Crippen molar-refractivity contribution in [1.82, 2.24) is 14.4 Å². The molecule has 1 N–H and O–H groups in total. The molecule has 1 saturated heterocycles. The fourth-order valence-electron chi connectivity index (χ4n) is 4.32. The Kier molecular flexibility index (Phi) is 6.47. The predicted octanol–water partition coefficient (Wildman–Crippen LogP) is 3.94. The van der Waals surface area contributed by atoms with Crippen LogP contribution in [0.2, 0.25) is 0 Å². The van der Waals surface area contributed by atoms with Gasteiger partial charge in [-0.05, 0) is 42.0 Å². The molecule has 0 aliphatic carbocycles. The van der Waals surface area contributed by atoms with Gasteiger partial charge in [-0.2, -0.15) is 13.2 Å². The molecule has 0 saturated carbocycles. The van der Waals surface area contributed by atoms with Crippen molar-refractivity contribution in [3.05, 3.63) is 83.8 Å². The van der Waals surface area contributed by atoms with Gasteiger partial charge in [-0.1, -0.05) is 12.1 Å². The van der Waals surface area contributed by atoms with Gasteiger partial charge in [0.15, 0.2) is 0 Å². The number of hydrogen-bond donors (Lipinski definition) is 1. The molecule has 4 heterocycles. The summed E-state index contributed by atoms with van der Waals surface area (Å²) in [6, 6.07) is 14.4. The van der Waals surface area contributed by atoms with E-state index in [2.05, 4.69) is 9.47 Å². The molecule has 2 unspecified atom stereocenters. The van der Waals surface area contributed by atoms with Crippen LogP contribution < -0.4 is 0 Å². The lowest BCUT2D eigenvalue weighted by molar-refractivity contribution is -0.192. The summed E-state index contributed by atoms with van der Waals surface area (Å²) in [6.45, 7) is 2.87. The maximum absolute atomic E-state index is 13.2. The van der Waals surface area contributed by atoms with E-state index in [0.29, 0.717) is 6.54 Å². The lowest BCUT2D eigenvalue weighted by Gasteiger charge is -2.38.